The molecule has 0 saturated carbocycles. The second-order valence-electron chi connectivity index (χ2n) is 7.07. The Kier molecular flexibility index (Phi) is 6.09. The molecule has 0 bridgehead atoms. The van der Waals surface area contributed by atoms with Gasteiger partial charge >= 0.3 is 0 Å². The van der Waals surface area contributed by atoms with Gasteiger partial charge in [-0.3, -0.25) is 9.59 Å². The highest BCUT2D eigenvalue weighted by molar-refractivity contribution is 8.19. The van der Waals surface area contributed by atoms with Gasteiger partial charge in [0.15, 0.2) is 0 Å². The lowest BCUT2D eigenvalue weighted by Crippen LogP contribution is -2.27. The Balaban J connectivity index is 1.50. The van der Waals surface area contributed by atoms with E-state index in [1.807, 2.05) is 55.5 Å². The summed E-state index contributed by atoms with van der Waals surface area (Å²) in [6.45, 7) is 2.50. The predicted molar refractivity (Wildman–Crippen MR) is 123 cm³/mol. The van der Waals surface area contributed by atoms with E-state index in [1.54, 1.807) is 37.5 Å². The number of imide groups is 1. The minimum atomic E-state index is -0.353. The fourth-order valence-corrected chi connectivity index (χ4v) is 3.98. The van der Waals surface area contributed by atoms with Crippen molar-refractivity contribution in [3.63, 3.8) is 0 Å². The summed E-state index contributed by atoms with van der Waals surface area (Å²) < 4.78 is 11.1. The molecule has 156 valence electrons. The van der Waals surface area contributed by atoms with Crippen molar-refractivity contribution in [3.8, 4) is 11.5 Å². The second kappa shape index (κ2) is 9.10. The summed E-state index contributed by atoms with van der Waals surface area (Å²) in [5.74, 6) is 0.925. The topological polar surface area (TPSA) is 55.8 Å². The second-order valence-corrected chi connectivity index (χ2v) is 8.06. The van der Waals surface area contributed by atoms with E-state index in [4.69, 9.17) is 9.47 Å². The third kappa shape index (κ3) is 4.81. The van der Waals surface area contributed by atoms with E-state index < -0.39 is 0 Å². The largest absolute Gasteiger partial charge is 0.497 e. The van der Waals surface area contributed by atoms with E-state index in [0.29, 0.717) is 28.7 Å². The summed E-state index contributed by atoms with van der Waals surface area (Å²) in [5.41, 5.74) is 3.56. The molecular weight excluding hydrogens is 410 g/mol. The van der Waals surface area contributed by atoms with Gasteiger partial charge in [-0.05, 0) is 60.2 Å². The average molecular weight is 432 g/mol. The maximum absolute atomic E-state index is 12.9. The minimum Gasteiger partial charge on any atom is -0.497 e. The van der Waals surface area contributed by atoms with E-state index >= 15 is 0 Å². The number of methoxy groups -OCH3 is 1. The molecule has 31 heavy (non-hydrogen) atoms. The number of rotatable bonds is 6. The Bertz CT molecular complexity index is 1150. The summed E-state index contributed by atoms with van der Waals surface area (Å²) in [6.07, 6.45) is 1.71. The molecule has 1 saturated heterocycles. The van der Waals surface area contributed by atoms with E-state index in [-0.39, 0.29) is 11.1 Å². The molecule has 0 N–H and O–H groups in total. The first-order valence-electron chi connectivity index (χ1n) is 9.74. The predicted octanol–water partition coefficient (Wildman–Crippen LogP) is 5.82. The minimum absolute atomic E-state index is 0.337. The highest BCUT2D eigenvalue weighted by atomic mass is 32.2. The summed E-state index contributed by atoms with van der Waals surface area (Å²) in [4.78, 5) is 26.9. The summed E-state index contributed by atoms with van der Waals surface area (Å²) in [7, 11) is 1.54. The summed E-state index contributed by atoms with van der Waals surface area (Å²) in [5, 5.41) is -0.337. The van der Waals surface area contributed by atoms with Crippen LogP contribution in [0.5, 0.6) is 11.5 Å². The standard InChI is InChI=1S/C25H21NO4S/c1-17-9-11-18(12-10-17)16-30-22-8-3-5-19(13-22)14-23-24(27)26(25(28)31-23)20-6-4-7-21(15-20)29-2/h3-15H,16H2,1-2H3/b23-14-. The van der Waals surface area contributed by atoms with Crippen molar-refractivity contribution in [2.45, 2.75) is 13.5 Å². The van der Waals surface area contributed by atoms with Gasteiger partial charge in [-0.1, -0.05) is 48.0 Å². The zero-order chi connectivity index (χ0) is 21.8. The van der Waals surface area contributed by atoms with Crippen molar-refractivity contribution >= 4 is 34.7 Å². The third-order valence-corrected chi connectivity index (χ3v) is 5.66. The lowest BCUT2D eigenvalue weighted by atomic mass is 10.1. The number of carbonyl (C=O) groups is 2. The fourth-order valence-electron chi connectivity index (χ4n) is 3.14. The van der Waals surface area contributed by atoms with Crippen molar-refractivity contribution < 1.29 is 19.1 Å². The van der Waals surface area contributed by atoms with Crippen LogP contribution in [0.4, 0.5) is 10.5 Å². The SMILES string of the molecule is COc1cccc(N2C(=O)S/C(=C\c3cccc(OCc4ccc(C)cc4)c3)C2=O)c1. The number of carbonyl (C=O) groups excluding carboxylic acids is 2. The third-order valence-electron chi connectivity index (χ3n) is 4.79. The van der Waals surface area contributed by atoms with Gasteiger partial charge < -0.3 is 9.47 Å². The van der Waals surface area contributed by atoms with Crippen LogP contribution in [0, 0.1) is 6.92 Å². The zero-order valence-electron chi connectivity index (χ0n) is 17.2. The van der Waals surface area contributed by atoms with E-state index in [0.717, 1.165) is 27.8 Å². The summed E-state index contributed by atoms with van der Waals surface area (Å²) in [6, 6.07) is 22.5. The number of anilines is 1. The Morgan fingerprint density at radius 2 is 1.68 bits per heavy atom. The Labute approximate surface area is 185 Å². The van der Waals surface area contributed by atoms with Gasteiger partial charge in [0.25, 0.3) is 11.1 Å². The van der Waals surface area contributed by atoms with Crippen LogP contribution in [0.1, 0.15) is 16.7 Å². The van der Waals surface area contributed by atoms with Crippen molar-refractivity contribution in [1.82, 2.24) is 0 Å². The van der Waals surface area contributed by atoms with Crippen LogP contribution in [-0.2, 0) is 11.4 Å². The van der Waals surface area contributed by atoms with Crippen molar-refractivity contribution in [2.24, 2.45) is 0 Å². The van der Waals surface area contributed by atoms with Gasteiger partial charge in [0, 0.05) is 6.07 Å². The first-order chi connectivity index (χ1) is 15.0. The Morgan fingerprint density at radius 3 is 2.45 bits per heavy atom. The van der Waals surface area contributed by atoms with E-state index in [1.165, 1.54) is 5.56 Å². The number of hydrogen-bond donors (Lipinski definition) is 0. The average Bonchev–Trinajstić information content (AvgIpc) is 3.06. The van der Waals surface area contributed by atoms with Gasteiger partial charge in [0.05, 0.1) is 17.7 Å². The molecule has 1 aliphatic rings. The van der Waals surface area contributed by atoms with E-state index in [2.05, 4.69) is 0 Å². The molecule has 0 radical (unpaired) electrons. The molecule has 6 heteroatoms. The number of ether oxygens (including phenoxy) is 2. The lowest BCUT2D eigenvalue weighted by molar-refractivity contribution is -0.113. The molecule has 0 spiro atoms. The number of amides is 2. The molecule has 1 aliphatic heterocycles. The molecule has 5 nitrogen and oxygen atoms in total. The molecule has 0 atom stereocenters. The molecule has 3 aromatic rings. The van der Waals surface area contributed by atoms with Crippen LogP contribution >= 0.6 is 11.8 Å². The molecule has 1 fully saturated rings. The van der Waals surface area contributed by atoms with Gasteiger partial charge in [-0.15, -0.1) is 0 Å². The molecule has 0 aromatic heterocycles. The quantitative estimate of drug-likeness (QED) is 0.460. The van der Waals surface area contributed by atoms with Crippen molar-refractivity contribution in [1.29, 1.82) is 0 Å². The molecule has 4 rings (SSSR count). The summed E-state index contributed by atoms with van der Waals surface area (Å²) >= 11 is 0.919. The number of nitrogens with zero attached hydrogens (tertiary/aromatic N) is 1. The molecular formula is C25H21NO4S. The molecule has 1 heterocycles. The van der Waals surface area contributed by atoms with Gasteiger partial charge in [-0.2, -0.15) is 0 Å². The van der Waals surface area contributed by atoms with Crippen LogP contribution in [0.15, 0.2) is 77.7 Å². The molecule has 0 unspecified atom stereocenters. The molecule has 2 amide bonds. The lowest BCUT2D eigenvalue weighted by Gasteiger charge is -2.13. The highest BCUT2D eigenvalue weighted by Crippen LogP contribution is 2.37. The van der Waals surface area contributed by atoms with Crippen LogP contribution in [-0.4, -0.2) is 18.3 Å². The van der Waals surface area contributed by atoms with Crippen molar-refractivity contribution in [2.75, 3.05) is 12.0 Å². The molecule has 0 aliphatic carbocycles. The number of thioether (sulfide) groups is 1. The van der Waals surface area contributed by atoms with Crippen LogP contribution < -0.4 is 14.4 Å². The van der Waals surface area contributed by atoms with E-state index in [9.17, 15) is 9.59 Å². The van der Waals surface area contributed by atoms with Crippen molar-refractivity contribution in [3.05, 3.63) is 94.4 Å². The number of hydrogen-bond acceptors (Lipinski definition) is 5. The normalized spacial score (nSPS) is 14.9. The smallest absolute Gasteiger partial charge is 0.298 e. The van der Waals surface area contributed by atoms with Gasteiger partial charge in [-0.25, -0.2) is 4.90 Å². The van der Waals surface area contributed by atoms with Crippen LogP contribution in [0.25, 0.3) is 6.08 Å². The maximum Gasteiger partial charge on any atom is 0.298 e. The Hall–Kier alpha value is -3.51. The van der Waals surface area contributed by atoms with Crippen LogP contribution in [0.3, 0.4) is 0 Å². The van der Waals surface area contributed by atoms with Crippen LogP contribution in [0.2, 0.25) is 0 Å². The Morgan fingerprint density at radius 1 is 0.935 bits per heavy atom. The van der Waals surface area contributed by atoms with Gasteiger partial charge in [0.1, 0.15) is 18.1 Å². The highest BCUT2D eigenvalue weighted by Gasteiger charge is 2.36. The first kappa shape index (κ1) is 20.8. The molecule has 3 aromatic carbocycles. The number of benzene rings is 3. The maximum atomic E-state index is 12.9. The monoisotopic (exact) mass is 431 g/mol. The number of aryl methyl sites for hydroxylation is 1. The zero-order valence-corrected chi connectivity index (χ0v) is 18.0. The fraction of sp³-hybridized carbons (Fsp3) is 0.120. The van der Waals surface area contributed by atoms with Gasteiger partial charge in [0.2, 0.25) is 0 Å². The first-order valence-corrected chi connectivity index (χ1v) is 10.6.